The molecule has 1 aliphatic rings. The van der Waals surface area contributed by atoms with Gasteiger partial charge in [0.15, 0.2) is 0 Å². The van der Waals surface area contributed by atoms with Crippen LogP contribution in [-0.4, -0.2) is 28.2 Å². The molecule has 66 valence electrons. The zero-order chi connectivity index (χ0) is 8.39. The Balaban J connectivity index is 1.94. The highest BCUT2D eigenvalue weighted by molar-refractivity contribution is 7.15. The van der Waals surface area contributed by atoms with Gasteiger partial charge in [0.05, 0.1) is 6.54 Å². The van der Waals surface area contributed by atoms with Crippen LogP contribution in [-0.2, 0) is 6.54 Å². The van der Waals surface area contributed by atoms with Crippen molar-refractivity contribution in [3.05, 3.63) is 9.47 Å². The van der Waals surface area contributed by atoms with Gasteiger partial charge < -0.3 is 0 Å². The fraction of sp³-hybridized carbons (Fsp3) is 0.714. The molecule has 1 aromatic heterocycles. The van der Waals surface area contributed by atoms with E-state index in [1.165, 1.54) is 37.3 Å². The molecular weight excluding hydrogens is 194 g/mol. The SMILES string of the molecule is Clc1nnc(CN2CCCC2)s1. The zero-order valence-electron chi connectivity index (χ0n) is 6.66. The van der Waals surface area contributed by atoms with E-state index in [9.17, 15) is 0 Å². The van der Waals surface area contributed by atoms with Crippen LogP contribution < -0.4 is 0 Å². The molecule has 0 spiro atoms. The van der Waals surface area contributed by atoms with Crippen LogP contribution in [0.2, 0.25) is 4.47 Å². The van der Waals surface area contributed by atoms with Crippen LogP contribution in [0, 0.1) is 0 Å². The summed E-state index contributed by atoms with van der Waals surface area (Å²) in [5, 5.41) is 8.77. The van der Waals surface area contributed by atoms with Gasteiger partial charge in [-0.05, 0) is 37.5 Å². The minimum absolute atomic E-state index is 0.546. The van der Waals surface area contributed by atoms with E-state index in [4.69, 9.17) is 11.6 Å². The molecule has 3 nitrogen and oxygen atoms in total. The van der Waals surface area contributed by atoms with E-state index in [2.05, 4.69) is 15.1 Å². The molecule has 1 saturated heterocycles. The van der Waals surface area contributed by atoms with Gasteiger partial charge in [-0.1, -0.05) is 11.3 Å². The lowest BCUT2D eigenvalue weighted by atomic mass is 10.4. The summed E-state index contributed by atoms with van der Waals surface area (Å²) in [6.07, 6.45) is 2.62. The maximum Gasteiger partial charge on any atom is 0.207 e. The first-order valence-corrected chi connectivity index (χ1v) is 5.24. The van der Waals surface area contributed by atoms with E-state index in [1.54, 1.807) is 0 Å². The number of rotatable bonds is 2. The van der Waals surface area contributed by atoms with Crippen LogP contribution in [0.15, 0.2) is 0 Å². The molecule has 1 fully saturated rings. The van der Waals surface area contributed by atoms with Crippen LogP contribution in [0.1, 0.15) is 17.8 Å². The number of hydrogen-bond acceptors (Lipinski definition) is 4. The first-order chi connectivity index (χ1) is 5.84. The Morgan fingerprint density at radius 2 is 2.08 bits per heavy atom. The second-order valence-electron chi connectivity index (χ2n) is 2.93. The first kappa shape index (κ1) is 8.41. The van der Waals surface area contributed by atoms with E-state index in [1.807, 2.05) is 0 Å². The van der Waals surface area contributed by atoms with Gasteiger partial charge >= 0.3 is 0 Å². The van der Waals surface area contributed by atoms with Crippen LogP contribution >= 0.6 is 22.9 Å². The first-order valence-electron chi connectivity index (χ1n) is 4.05. The van der Waals surface area contributed by atoms with Gasteiger partial charge in [0.1, 0.15) is 5.01 Å². The van der Waals surface area contributed by atoms with Crippen molar-refractivity contribution < 1.29 is 0 Å². The highest BCUT2D eigenvalue weighted by atomic mass is 35.5. The Morgan fingerprint density at radius 1 is 1.33 bits per heavy atom. The Kier molecular flexibility index (Phi) is 2.58. The van der Waals surface area contributed by atoms with Crippen LogP contribution in [0.4, 0.5) is 0 Å². The maximum absolute atomic E-state index is 5.67. The van der Waals surface area contributed by atoms with E-state index in [0.29, 0.717) is 4.47 Å². The van der Waals surface area contributed by atoms with Crippen LogP contribution in [0.5, 0.6) is 0 Å². The average molecular weight is 204 g/mol. The molecule has 5 heteroatoms. The summed E-state index contributed by atoms with van der Waals surface area (Å²) >= 11 is 7.15. The number of aromatic nitrogens is 2. The summed E-state index contributed by atoms with van der Waals surface area (Å²) in [6, 6.07) is 0. The third-order valence-electron chi connectivity index (χ3n) is 2.00. The van der Waals surface area contributed by atoms with Gasteiger partial charge in [-0.25, -0.2) is 0 Å². The number of hydrogen-bond donors (Lipinski definition) is 0. The van der Waals surface area contributed by atoms with E-state index >= 15 is 0 Å². The summed E-state index contributed by atoms with van der Waals surface area (Å²) in [5.74, 6) is 0. The van der Waals surface area contributed by atoms with Crippen LogP contribution in [0.25, 0.3) is 0 Å². The predicted molar refractivity (Wildman–Crippen MR) is 49.4 cm³/mol. The number of halogens is 1. The molecular formula is C7H10ClN3S. The molecule has 0 unspecified atom stereocenters. The Bertz CT molecular complexity index is 257. The fourth-order valence-electron chi connectivity index (χ4n) is 1.43. The lowest BCUT2D eigenvalue weighted by Gasteiger charge is -2.10. The molecule has 0 bridgehead atoms. The Hall–Kier alpha value is -0.190. The lowest BCUT2D eigenvalue weighted by Crippen LogP contribution is -2.18. The third-order valence-corrected chi connectivity index (χ3v) is 3.00. The van der Waals surface area contributed by atoms with Gasteiger partial charge in [0, 0.05) is 0 Å². The largest absolute Gasteiger partial charge is 0.297 e. The molecule has 2 heterocycles. The van der Waals surface area contributed by atoms with E-state index < -0.39 is 0 Å². The molecule has 2 rings (SSSR count). The predicted octanol–water partition coefficient (Wildman–Crippen LogP) is 1.79. The highest BCUT2D eigenvalue weighted by Gasteiger charge is 2.13. The molecule has 0 atom stereocenters. The fourth-order valence-corrected chi connectivity index (χ4v) is 2.34. The molecule has 12 heavy (non-hydrogen) atoms. The molecule has 0 N–H and O–H groups in total. The van der Waals surface area contributed by atoms with E-state index in [-0.39, 0.29) is 0 Å². The van der Waals surface area contributed by atoms with Gasteiger partial charge in [-0.15, -0.1) is 10.2 Å². The smallest absolute Gasteiger partial charge is 0.207 e. The van der Waals surface area contributed by atoms with Crippen molar-refractivity contribution in [2.45, 2.75) is 19.4 Å². The van der Waals surface area contributed by atoms with Crippen molar-refractivity contribution in [2.24, 2.45) is 0 Å². The summed E-state index contributed by atoms with van der Waals surface area (Å²) in [4.78, 5) is 2.39. The van der Waals surface area contributed by atoms with Gasteiger partial charge in [-0.3, -0.25) is 4.90 Å². The standard InChI is InChI=1S/C7H10ClN3S/c8-7-10-9-6(12-7)5-11-3-1-2-4-11/h1-5H2. The van der Waals surface area contributed by atoms with Crippen molar-refractivity contribution >= 4 is 22.9 Å². The normalized spacial score (nSPS) is 18.8. The van der Waals surface area contributed by atoms with Crippen molar-refractivity contribution in [3.63, 3.8) is 0 Å². The quantitative estimate of drug-likeness (QED) is 0.734. The van der Waals surface area contributed by atoms with E-state index in [0.717, 1.165) is 11.6 Å². The van der Waals surface area contributed by atoms with Gasteiger partial charge in [0.2, 0.25) is 4.47 Å². The number of nitrogens with zero attached hydrogens (tertiary/aromatic N) is 3. The molecule has 1 aliphatic heterocycles. The summed E-state index contributed by atoms with van der Waals surface area (Å²) < 4.78 is 0.546. The Labute approximate surface area is 80.4 Å². The number of likely N-dealkylation sites (tertiary alicyclic amines) is 1. The van der Waals surface area contributed by atoms with Crippen molar-refractivity contribution in [3.8, 4) is 0 Å². The van der Waals surface area contributed by atoms with Crippen molar-refractivity contribution in [1.29, 1.82) is 0 Å². The van der Waals surface area contributed by atoms with Crippen molar-refractivity contribution in [1.82, 2.24) is 15.1 Å². The zero-order valence-corrected chi connectivity index (χ0v) is 8.24. The van der Waals surface area contributed by atoms with Gasteiger partial charge in [-0.2, -0.15) is 0 Å². The second-order valence-corrected chi connectivity index (χ2v) is 4.58. The van der Waals surface area contributed by atoms with Gasteiger partial charge in [0.25, 0.3) is 0 Å². The molecule has 1 aromatic rings. The summed E-state index contributed by atoms with van der Waals surface area (Å²) in [7, 11) is 0. The van der Waals surface area contributed by atoms with Crippen LogP contribution in [0.3, 0.4) is 0 Å². The Morgan fingerprint density at radius 3 is 2.67 bits per heavy atom. The highest BCUT2D eigenvalue weighted by Crippen LogP contribution is 2.18. The monoisotopic (exact) mass is 203 g/mol. The molecule has 0 amide bonds. The minimum Gasteiger partial charge on any atom is -0.297 e. The third kappa shape index (κ3) is 1.94. The summed E-state index contributed by atoms with van der Waals surface area (Å²) in [6.45, 7) is 3.30. The molecule has 0 aliphatic carbocycles. The molecule has 0 saturated carbocycles. The summed E-state index contributed by atoms with van der Waals surface area (Å²) in [5.41, 5.74) is 0. The average Bonchev–Trinajstić information content (AvgIpc) is 2.63. The molecule has 0 radical (unpaired) electrons. The minimum atomic E-state index is 0.546. The lowest BCUT2D eigenvalue weighted by molar-refractivity contribution is 0.330. The van der Waals surface area contributed by atoms with Crippen molar-refractivity contribution in [2.75, 3.05) is 13.1 Å². The second kappa shape index (κ2) is 3.68. The maximum atomic E-state index is 5.67. The molecule has 0 aromatic carbocycles. The topological polar surface area (TPSA) is 29.0 Å².